The van der Waals surface area contributed by atoms with Gasteiger partial charge in [0.2, 0.25) is 5.91 Å². The number of hydrogen-bond donors (Lipinski definition) is 1. The summed E-state index contributed by atoms with van der Waals surface area (Å²) in [7, 11) is 3.21. The normalized spacial score (nSPS) is 17.0. The minimum absolute atomic E-state index is 0.0226. The standard InChI is InChI=1S/C22H27NO4/c1-16(17-7-5-4-6-8-17)23-21(24)22(11-13-27-14-12-22)18-9-10-19(25-2)20(15-18)26-3/h4-10,15-16H,11-14H2,1-3H3,(H,23,24)/t16-/m1/s1. The van der Waals surface area contributed by atoms with Crippen molar-refractivity contribution in [3.63, 3.8) is 0 Å². The van der Waals surface area contributed by atoms with E-state index in [1.807, 2.05) is 55.5 Å². The van der Waals surface area contributed by atoms with Crippen LogP contribution < -0.4 is 14.8 Å². The number of carbonyl (C=O) groups is 1. The summed E-state index contributed by atoms with van der Waals surface area (Å²) in [5, 5.41) is 3.20. The highest BCUT2D eigenvalue weighted by Crippen LogP contribution is 2.39. The van der Waals surface area contributed by atoms with Crippen LogP contribution in [0.15, 0.2) is 48.5 Å². The van der Waals surface area contributed by atoms with Crippen LogP contribution in [0.3, 0.4) is 0 Å². The lowest BCUT2D eigenvalue weighted by atomic mass is 9.73. The Hall–Kier alpha value is -2.53. The van der Waals surface area contributed by atoms with Gasteiger partial charge < -0.3 is 19.5 Å². The van der Waals surface area contributed by atoms with Crippen molar-refractivity contribution in [2.24, 2.45) is 0 Å². The molecule has 1 heterocycles. The van der Waals surface area contributed by atoms with Crippen molar-refractivity contribution in [1.82, 2.24) is 5.32 Å². The lowest BCUT2D eigenvalue weighted by molar-refractivity contribution is -0.131. The van der Waals surface area contributed by atoms with Crippen LogP contribution in [-0.4, -0.2) is 33.3 Å². The maximum absolute atomic E-state index is 13.4. The van der Waals surface area contributed by atoms with Crippen LogP contribution >= 0.6 is 0 Å². The van der Waals surface area contributed by atoms with Crippen molar-refractivity contribution in [3.8, 4) is 11.5 Å². The van der Waals surface area contributed by atoms with Crippen molar-refractivity contribution >= 4 is 5.91 Å². The van der Waals surface area contributed by atoms with Gasteiger partial charge in [-0.15, -0.1) is 0 Å². The van der Waals surface area contributed by atoms with Crippen LogP contribution in [0.5, 0.6) is 11.5 Å². The van der Waals surface area contributed by atoms with E-state index in [1.165, 1.54) is 0 Å². The van der Waals surface area contributed by atoms with E-state index in [0.717, 1.165) is 11.1 Å². The predicted molar refractivity (Wildman–Crippen MR) is 104 cm³/mol. The summed E-state index contributed by atoms with van der Waals surface area (Å²) in [6, 6.07) is 15.7. The van der Waals surface area contributed by atoms with E-state index in [-0.39, 0.29) is 11.9 Å². The maximum Gasteiger partial charge on any atom is 0.231 e. The largest absolute Gasteiger partial charge is 0.493 e. The summed E-state index contributed by atoms with van der Waals surface area (Å²) in [6.07, 6.45) is 1.27. The van der Waals surface area contributed by atoms with Crippen molar-refractivity contribution < 1.29 is 19.0 Å². The van der Waals surface area contributed by atoms with Crippen molar-refractivity contribution in [2.75, 3.05) is 27.4 Å². The summed E-state index contributed by atoms with van der Waals surface area (Å²) in [5.41, 5.74) is 1.38. The quantitative estimate of drug-likeness (QED) is 0.845. The third-order valence-electron chi connectivity index (χ3n) is 5.36. The fourth-order valence-electron chi connectivity index (χ4n) is 3.66. The Morgan fingerprint density at radius 2 is 1.70 bits per heavy atom. The second kappa shape index (κ2) is 8.44. The van der Waals surface area contributed by atoms with Crippen LogP contribution in [0.1, 0.15) is 36.9 Å². The number of carbonyl (C=O) groups excluding carboxylic acids is 1. The first kappa shape index (κ1) is 19.2. The van der Waals surface area contributed by atoms with Gasteiger partial charge in [0.15, 0.2) is 11.5 Å². The zero-order chi connectivity index (χ0) is 19.3. The summed E-state index contributed by atoms with van der Waals surface area (Å²) in [6.45, 7) is 3.12. The Morgan fingerprint density at radius 3 is 2.33 bits per heavy atom. The molecule has 144 valence electrons. The minimum atomic E-state index is -0.638. The van der Waals surface area contributed by atoms with Gasteiger partial charge in [0.05, 0.1) is 25.7 Å². The van der Waals surface area contributed by atoms with Gasteiger partial charge in [-0.25, -0.2) is 0 Å². The molecule has 5 heteroatoms. The molecule has 0 saturated carbocycles. The van der Waals surface area contributed by atoms with Crippen LogP contribution in [-0.2, 0) is 14.9 Å². The van der Waals surface area contributed by atoms with Crippen LogP contribution in [0.2, 0.25) is 0 Å². The molecule has 0 aliphatic carbocycles. The van der Waals surface area contributed by atoms with Gasteiger partial charge in [-0.1, -0.05) is 36.4 Å². The topological polar surface area (TPSA) is 56.8 Å². The Bertz CT molecular complexity index is 769. The van der Waals surface area contributed by atoms with Gasteiger partial charge in [0.1, 0.15) is 0 Å². The fourth-order valence-corrected chi connectivity index (χ4v) is 3.66. The van der Waals surface area contributed by atoms with E-state index in [1.54, 1.807) is 14.2 Å². The molecule has 1 atom stereocenters. The van der Waals surface area contributed by atoms with Crippen LogP contribution in [0.25, 0.3) is 0 Å². The Kier molecular flexibility index (Phi) is 6.01. The van der Waals surface area contributed by atoms with Gasteiger partial charge in [0, 0.05) is 13.2 Å². The number of rotatable bonds is 6. The molecule has 1 N–H and O–H groups in total. The third kappa shape index (κ3) is 3.93. The molecule has 5 nitrogen and oxygen atoms in total. The number of nitrogens with one attached hydrogen (secondary N) is 1. The second-order valence-corrected chi connectivity index (χ2v) is 6.87. The third-order valence-corrected chi connectivity index (χ3v) is 5.36. The number of amides is 1. The highest BCUT2D eigenvalue weighted by molar-refractivity contribution is 5.89. The first-order valence-corrected chi connectivity index (χ1v) is 9.27. The van der Waals surface area contributed by atoms with E-state index in [2.05, 4.69) is 5.32 Å². The van der Waals surface area contributed by atoms with E-state index in [9.17, 15) is 4.79 Å². The number of ether oxygens (including phenoxy) is 3. The second-order valence-electron chi connectivity index (χ2n) is 6.87. The SMILES string of the molecule is COc1ccc(C2(C(=O)N[C@H](C)c3ccccc3)CCOCC2)cc1OC. The van der Waals surface area contributed by atoms with Crippen molar-refractivity contribution in [3.05, 3.63) is 59.7 Å². The monoisotopic (exact) mass is 369 g/mol. The molecular weight excluding hydrogens is 342 g/mol. The van der Waals surface area contributed by atoms with Crippen molar-refractivity contribution in [1.29, 1.82) is 0 Å². The summed E-state index contributed by atoms with van der Waals surface area (Å²) in [4.78, 5) is 13.4. The molecule has 1 aliphatic rings. The lowest BCUT2D eigenvalue weighted by Crippen LogP contribution is -2.48. The summed E-state index contributed by atoms with van der Waals surface area (Å²) < 4.78 is 16.4. The van der Waals surface area contributed by atoms with Gasteiger partial charge >= 0.3 is 0 Å². The summed E-state index contributed by atoms with van der Waals surface area (Å²) in [5.74, 6) is 1.31. The minimum Gasteiger partial charge on any atom is -0.493 e. The zero-order valence-corrected chi connectivity index (χ0v) is 16.2. The highest BCUT2D eigenvalue weighted by Gasteiger charge is 2.42. The molecule has 1 fully saturated rings. The van der Waals surface area contributed by atoms with E-state index >= 15 is 0 Å². The average Bonchev–Trinajstić information content (AvgIpc) is 2.74. The number of benzene rings is 2. The highest BCUT2D eigenvalue weighted by atomic mass is 16.5. The van der Waals surface area contributed by atoms with Gasteiger partial charge in [-0.3, -0.25) is 4.79 Å². The molecule has 0 radical (unpaired) electrons. The Labute approximate surface area is 160 Å². The fraction of sp³-hybridized carbons (Fsp3) is 0.409. The molecule has 0 unspecified atom stereocenters. The smallest absolute Gasteiger partial charge is 0.231 e. The van der Waals surface area contributed by atoms with Crippen LogP contribution in [0, 0.1) is 0 Å². The molecule has 3 rings (SSSR count). The van der Waals surface area contributed by atoms with Gasteiger partial charge in [0.25, 0.3) is 0 Å². The molecule has 0 aromatic heterocycles. The summed E-state index contributed by atoms with van der Waals surface area (Å²) >= 11 is 0. The van der Waals surface area contributed by atoms with Gasteiger partial charge in [-0.05, 0) is 43.0 Å². The van der Waals surface area contributed by atoms with E-state index < -0.39 is 5.41 Å². The van der Waals surface area contributed by atoms with Crippen LogP contribution in [0.4, 0.5) is 0 Å². The molecule has 0 bridgehead atoms. The first-order valence-electron chi connectivity index (χ1n) is 9.27. The Morgan fingerprint density at radius 1 is 1.04 bits per heavy atom. The molecule has 2 aromatic carbocycles. The maximum atomic E-state index is 13.4. The molecule has 2 aromatic rings. The lowest BCUT2D eigenvalue weighted by Gasteiger charge is -2.37. The van der Waals surface area contributed by atoms with E-state index in [4.69, 9.17) is 14.2 Å². The Balaban J connectivity index is 1.92. The zero-order valence-electron chi connectivity index (χ0n) is 16.2. The van der Waals surface area contributed by atoms with Gasteiger partial charge in [-0.2, -0.15) is 0 Å². The van der Waals surface area contributed by atoms with Crippen molar-refractivity contribution in [2.45, 2.75) is 31.2 Å². The molecule has 1 aliphatic heterocycles. The molecule has 27 heavy (non-hydrogen) atoms. The number of hydrogen-bond acceptors (Lipinski definition) is 4. The predicted octanol–water partition coefficient (Wildman–Crippen LogP) is 3.63. The number of methoxy groups -OCH3 is 2. The molecule has 0 spiro atoms. The molecular formula is C22H27NO4. The average molecular weight is 369 g/mol. The molecule has 1 amide bonds. The molecule has 1 saturated heterocycles. The first-order chi connectivity index (χ1) is 13.1. The van der Waals surface area contributed by atoms with E-state index in [0.29, 0.717) is 37.6 Å².